The Balaban J connectivity index is 1.46. The van der Waals surface area contributed by atoms with E-state index in [0.29, 0.717) is 37.5 Å². The van der Waals surface area contributed by atoms with Crippen LogP contribution in [0.1, 0.15) is 32.1 Å². The van der Waals surface area contributed by atoms with Gasteiger partial charge in [-0.2, -0.15) is 0 Å². The van der Waals surface area contributed by atoms with E-state index in [4.69, 9.17) is 0 Å². The Hall–Kier alpha value is -1.91. The van der Waals surface area contributed by atoms with Crippen LogP contribution >= 0.6 is 0 Å². The molecule has 3 fully saturated rings. The van der Waals surface area contributed by atoms with Gasteiger partial charge in [0, 0.05) is 43.6 Å². The normalized spacial score (nSPS) is 27.3. The lowest BCUT2D eigenvalue weighted by Crippen LogP contribution is -2.34. The van der Waals surface area contributed by atoms with Gasteiger partial charge in [-0.05, 0) is 43.4 Å². The number of halogens is 1. The van der Waals surface area contributed by atoms with Crippen molar-refractivity contribution in [1.29, 1.82) is 0 Å². The highest BCUT2D eigenvalue weighted by Gasteiger charge is 2.49. The zero-order chi connectivity index (χ0) is 16.0. The van der Waals surface area contributed by atoms with Gasteiger partial charge in [-0.25, -0.2) is 4.39 Å². The Morgan fingerprint density at radius 3 is 2.87 bits per heavy atom. The lowest BCUT2D eigenvalue weighted by Gasteiger charge is -2.24. The number of amides is 2. The predicted molar refractivity (Wildman–Crippen MR) is 84.3 cm³/mol. The number of hydrogen-bond acceptors (Lipinski definition) is 2. The molecule has 23 heavy (non-hydrogen) atoms. The van der Waals surface area contributed by atoms with Gasteiger partial charge in [0.2, 0.25) is 11.8 Å². The molecule has 2 saturated heterocycles. The molecule has 1 spiro atoms. The van der Waals surface area contributed by atoms with Crippen molar-refractivity contribution in [2.45, 2.75) is 32.1 Å². The van der Waals surface area contributed by atoms with Crippen molar-refractivity contribution in [2.24, 2.45) is 11.3 Å². The van der Waals surface area contributed by atoms with Crippen LogP contribution < -0.4 is 4.90 Å². The van der Waals surface area contributed by atoms with Gasteiger partial charge in [0.15, 0.2) is 0 Å². The van der Waals surface area contributed by atoms with Crippen LogP contribution in [-0.4, -0.2) is 36.3 Å². The molecule has 4 nitrogen and oxygen atoms in total. The Labute approximate surface area is 135 Å². The Bertz CT molecular complexity index is 658. The fourth-order valence-electron chi connectivity index (χ4n) is 3.89. The third-order valence-electron chi connectivity index (χ3n) is 5.39. The molecule has 0 unspecified atom stereocenters. The second-order valence-corrected chi connectivity index (χ2v) is 7.35. The lowest BCUT2D eigenvalue weighted by atomic mass is 9.86. The minimum atomic E-state index is -0.330. The summed E-state index contributed by atoms with van der Waals surface area (Å²) in [4.78, 5) is 28.3. The first-order valence-electron chi connectivity index (χ1n) is 8.38. The van der Waals surface area contributed by atoms with Gasteiger partial charge in [-0.1, -0.05) is 6.07 Å². The molecule has 5 heteroatoms. The van der Waals surface area contributed by atoms with Crippen LogP contribution in [0, 0.1) is 17.2 Å². The first-order chi connectivity index (χ1) is 11.0. The SMILES string of the molecule is O=C(CC1CC1)N1CC[C@@]2(CC(=O)N(c3cccc(F)c3)C2)C1. The number of likely N-dealkylation sites (tertiary alicyclic amines) is 1. The first-order valence-corrected chi connectivity index (χ1v) is 8.38. The number of hydrogen-bond donors (Lipinski definition) is 0. The third-order valence-corrected chi connectivity index (χ3v) is 5.39. The van der Waals surface area contributed by atoms with Crippen LogP contribution in [0.15, 0.2) is 24.3 Å². The van der Waals surface area contributed by atoms with Crippen molar-refractivity contribution in [3.63, 3.8) is 0 Å². The molecule has 3 aliphatic rings. The van der Waals surface area contributed by atoms with Crippen molar-refractivity contribution >= 4 is 17.5 Å². The molecule has 0 radical (unpaired) electrons. The van der Waals surface area contributed by atoms with E-state index >= 15 is 0 Å². The highest BCUT2D eigenvalue weighted by Crippen LogP contribution is 2.42. The summed E-state index contributed by atoms with van der Waals surface area (Å²) in [5.41, 5.74) is 0.470. The first kappa shape index (κ1) is 14.7. The largest absolute Gasteiger partial charge is 0.342 e. The Morgan fingerprint density at radius 2 is 2.13 bits per heavy atom. The predicted octanol–water partition coefficient (Wildman–Crippen LogP) is 2.58. The summed E-state index contributed by atoms with van der Waals surface area (Å²) in [6.07, 6.45) is 4.34. The standard InChI is InChI=1S/C18H21FN2O2/c19-14-2-1-3-15(9-14)21-12-18(10-17(21)23)6-7-20(11-18)16(22)8-13-4-5-13/h1-3,9,13H,4-8,10-12H2/t18-/m1/s1. The fourth-order valence-corrected chi connectivity index (χ4v) is 3.89. The van der Waals surface area contributed by atoms with Crippen LogP contribution in [0.5, 0.6) is 0 Å². The number of carbonyl (C=O) groups excluding carboxylic acids is 2. The van der Waals surface area contributed by atoms with Gasteiger partial charge in [0.1, 0.15) is 5.82 Å². The average molecular weight is 316 g/mol. The van der Waals surface area contributed by atoms with Crippen LogP contribution in [0.25, 0.3) is 0 Å². The van der Waals surface area contributed by atoms with Gasteiger partial charge in [-0.3, -0.25) is 9.59 Å². The molecular weight excluding hydrogens is 295 g/mol. The van der Waals surface area contributed by atoms with Crippen molar-refractivity contribution < 1.29 is 14.0 Å². The maximum absolute atomic E-state index is 13.4. The number of anilines is 1. The highest BCUT2D eigenvalue weighted by atomic mass is 19.1. The molecule has 2 heterocycles. The summed E-state index contributed by atoms with van der Waals surface area (Å²) < 4.78 is 13.4. The molecule has 2 amide bonds. The van der Waals surface area contributed by atoms with Crippen molar-refractivity contribution in [1.82, 2.24) is 4.90 Å². The minimum absolute atomic E-state index is 0.0343. The van der Waals surface area contributed by atoms with E-state index in [2.05, 4.69) is 0 Å². The zero-order valence-electron chi connectivity index (χ0n) is 13.1. The maximum Gasteiger partial charge on any atom is 0.227 e. The van der Waals surface area contributed by atoms with Gasteiger partial charge < -0.3 is 9.80 Å². The molecule has 1 atom stereocenters. The number of carbonyl (C=O) groups is 2. The average Bonchev–Trinajstić information content (AvgIpc) is 3.14. The van der Waals surface area contributed by atoms with Crippen LogP contribution in [0.4, 0.5) is 10.1 Å². The van der Waals surface area contributed by atoms with Crippen molar-refractivity contribution in [2.75, 3.05) is 24.5 Å². The minimum Gasteiger partial charge on any atom is -0.342 e. The molecule has 1 aromatic rings. The lowest BCUT2D eigenvalue weighted by molar-refractivity contribution is -0.131. The van der Waals surface area contributed by atoms with E-state index in [1.807, 2.05) is 4.90 Å². The molecular formula is C18H21FN2O2. The summed E-state index contributed by atoms with van der Waals surface area (Å²) in [5.74, 6) is 0.532. The molecule has 1 aromatic carbocycles. The maximum atomic E-state index is 13.4. The van der Waals surface area contributed by atoms with Crippen molar-refractivity contribution in [3.8, 4) is 0 Å². The molecule has 4 rings (SSSR count). The quantitative estimate of drug-likeness (QED) is 0.860. The number of rotatable bonds is 3. The molecule has 2 aliphatic heterocycles. The van der Waals surface area contributed by atoms with Crippen LogP contribution in [0.3, 0.4) is 0 Å². The fraction of sp³-hybridized carbons (Fsp3) is 0.556. The van der Waals surface area contributed by atoms with Gasteiger partial charge in [0.05, 0.1) is 0 Å². The van der Waals surface area contributed by atoms with E-state index in [1.54, 1.807) is 17.0 Å². The van der Waals surface area contributed by atoms with Crippen LogP contribution in [-0.2, 0) is 9.59 Å². The summed E-state index contributed by atoms with van der Waals surface area (Å²) in [6.45, 7) is 1.99. The summed E-state index contributed by atoms with van der Waals surface area (Å²) in [7, 11) is 0. The summed E-state index contributed by atoms with van der Waals surface area (Å²) >= 11 is 0. The van der Waals surface area contributed by atoms with Gasteiger partial charge >= 0.3 is 0 Å². The molecule has 0 bridgehead atoms. The summed E-state index contributed by atoms with van der Waals surface area (Å²) in [6, 6.07) is 6.18. The number of nitrogens with zero attached hydrogens (tertiary/aromatic N) is 2. The zero-order valence-corrected chi connectivity index (χ0v) is 13.1. The highest BCUT2D eigenvalue weighted by molar-refractivity contribution is 5.96. The van der Waals surface area contributed by atoms with E-state index in [9.17, 15) is 14.0 Å². The second-order valence-electron chi connectivity index (χ2n) is 7.35. The topological polar surface area (TPSA) is 40.6 Å². The Kier molecular flexibility index (Phi) is 3.39. The number of benzene rings is 1. The van der Waals surface area contributed by atoms with E-state index in [-0.39, 0.29) is 23.0 Å². The van der Waals surface area contributed by atoms with Crippen molar-refractivity contribution in [3.05, 3.63) is 30.1 Å². The van der Waals surface area contributed by atoms with Gasteiger partial charge in [0.25, 0.3) is 0 Å². The Morgan fingerprint density at radius 1 is 1.30 bits per heavy atom. The monoisotopic (exact) mass is 316 g/mol. The van der Waals surface area contributed by atoms with E-state index in [0.717, 1.165) is 13.0 Å². The van der Waals surface area contributed by atoms with Crippen LogP contribution in [0.2, 0.25) is 0 Å². The molecule has 0 N–H and O–H groups in total. The third kappa shape index (κ3) is 2.84. The summed E-state index contributed by atoms with van der Waals surface area (Å²) in [5, 5.41) is 0. The second kappa shape index (κ2) is 5.32. The molecule has 0 aromatic heterocycles. The van der Waals surface area contributed by atoms with E-state index < -0.39 is 0 Å². The smallest absolute Gasteiger partial charge is 0.227 e. The molecule has 1 aliphatic carbocycles. The van der Waals surface area contributed by atoms with E-state index in [1.165, 1.54) is 25.0 Å². The van der Waals surface area contributed by atoms with Gasteiger partial charge in [-0.15, -0.1) is 0 Å². The molecule has 1 saturated carbocycles. The molecule has 122 valence electrons.